The molecule has 1 heterocycles. The molecule has 0 radical (unpaired) electrons. The van der Waals surface area contributed by atoms with E-state index in [0.29, 0.717) is 16.1 Å². The Morgan fingerprint density at radius 3 is 2.19 bits per heavy atom. The van der Waals surface area contributed by atoms with Crippen LogP contribution in [-0.4, -0.2) is 22.3 Å². The molecule has 1 aliphatic rings. The summed E-state index contributed by atoms with van der Waals surface area (Å²) < 4.78 is 0. The Labute approximate surface area is 99.0 Å². The van der Waals surface area contributed by atoms with Gasteiger partial charge >= 0.3 is 0 Å². The van der Waals surface area contributed by atoms with E-state index in [-0.39, 0.29) is 11.8 Å². The van der Waals surface area contributed by atoms with Crippen molar-refractivity contribution in [1.29, 1.82) is 0 Å². The smallest absolute Gasteiger partial charge is 0.262 e. The second-order valence-electron chi connectivity index (χ2n) is 4.81. The third-order valence-corrected chi connectivity index (χ3v) is 2.75. The van der Waals surface area contributed by atoms with E-state index >= 15 is 0 Å². The molecule has 3 nitrogen and oxygen atoms in total. The Balaban J connectivity index is 2.57. The van der Waals surface area contributed by atoms with Gasteiger partial charge in [-0.2, -0.15) is 0 Å². The van der Waals surface area contributed by atoms with Gasteiger partial charge in [0.25, 0.3) is 11.8 Å². The maximum absolute atomic E-state index is 12.1. The molecule has 2 amide bonds. The van der Waals surface area contributed by atoms with Crippen molar-refractivity contribution < 1.29 is 9.59 Å². The second-order valence-corrected chi connectivity index (χ2v) is 5.24. The van der Waals surface area contributed by atoms with Gasteiger partial charge in [0.05, 0.1) is 11.1 Å². The first-order valence-electron chi connectivity index (χ1n) is 5.01. The van der Waals surface area contributed by atoms with Crippen molar-refractivity contribution in [1.82, 2.24) is 4.90 Å². The SMILES string of the molecule is CC(C)(C)N1C(=O)c2ccc(Cl)cc2C1=O. The number of rotatable bonds is 0. The lowest BCUT2D eigenvalue weighted by atomic mass is 10.1. The van der Waals surface area contributed by atoms with Crippen LogP contribution in [0.1, 0.15) is 41.5 Å². The first kappa shape index (κ1) is 11.1. The lowest BCUT2D eigenvalue weighted by molar-refractivity contribution is 0.0508. The van der Waals surface area contributed by atoms with Crippen LogP contribution in [0.4, 0.5) is 0 Å². The van der Waals surface area contributed by atoms with E-state index in [0.717, 1.165) is 0 Å². The summed E-state index contributed by atoms with van der Waals surface area (Å²) in [6, 6.07) is 4.77. The maximum Gasteiger partial charge on any atom is 0.262 e. The molecule has 1 aliphatic heterocycles. The molecule has 2 rings (SSSR count). The Morgan fingerprint density at radius 1 is 1.06 bits per heavy atom. The highest BCUT2D eigenvalue weighted by Crippen LogP contribution is 2.30. The van der Waals surface area contributed by atoms with Gasteiger partial charge in [-0.3, -0.25) is 14.5 Å². The number of carbonyl (C=O) groups excluding carboxylic acids is 2. The highest BCUT2D eigenvalue weighted by atomic mass is 35.5. The number of carbonyl (C=O) groups is 2. The lowest BCUT2D eigenvalue weighted by Gasteiger charge is -2.29. The number of fused-ring (bicyclic) bond motifs is 1. The minimum atomic E-state index is -0.514. The molecule has 0 N–H and O–H groups in total. The van der Waals surface area contributed by atoms with Crippen LogP contribution in [-0.2, 0) is 0 Å². The quantitative estimate of drug-likeness (QED) is 0.651. The van der Waals surface area contributed by atoms with Gasteiger partial charge in [0, 0.05) is 10.6 Å². The van der Waals surface area contributed by atoms with Gasteiger partial charge in [-0.25, -0.2) is 0 Å². The standard InChI is InChI=1S/C12H12ClNO2/c1-12(2,3)14-10(15)8-5-4-7(13)6-9(8)11(14)16/h4-6H,1-3H3. The zero-order valence-electron chi connectivity index (χ0n) is 9.37. The van der Waals surface area contributed by atoms with Crippen molar-refractivity contribution in [3.8, 4) is 0 Å². The molecule has 16 heavy (non-hydrogen) atoms. The van der Waals surface area contributed by atoms with Crippen LogP contribution >= 0.6 is 11.6 Å². The molecule has 1 aromatic carbocycles. The minimum absolute atomic E-state index is 0.246. The van der Waals surface area contributed by atoms with Crippen molar-refractivity contribution in [2.45, 2.75) is 26.3 Å². The average molecular weight is 238 g/mol. The normalized spacial score (nSPS) is 15.6. The summed E-state index contributed by atoms with van der Waals surface area (Å²) in [4.78, 5) is 25.4. The van der Waals surface area contributed by atoms with Gasteiger partial charge in [0.1, 0.15) is 0 Å². The number of amides is 2. The van der Waals surface area contributed by atoms with E-state index < -0.39 is 5.54 Å². The maximum atomic E-state index is 12.1. The summed E-state index contributed by atoms with van der Waals surface area (Å²) in [6.45, 7) is 5.49. The van der Waals surface area contributed by atoms with Gasteiger partial charge in [-0.1, -0.05) is 11.6 Å². The Bertz CT molecular complexity index is 488. The molecule has 0 aromatic heterocycles. The second kappa shape index (κ2) is 3.32. The third-order valence-electron chi connectivity index (χ3n) is 2.52. The molecule has 0 unspecified atom stereocenters. The number of hydrogen-bond acceptors (Lipinski definition) is 2. The van der Waals surface area contributed by atoms with Crippen LogP contribution in [0.15, 0.2) is 18.2 Å². The Kier molecular flexibility index (Phi) is 2.31. The molecule has 0 fully saturated rings. The molecular weight excluding hydrogens is 226 g/mol. The van der Waals surface area contributed by atoms with E-state index in [2.05, 4.69) is 0 Å². The molecule has 4 heteroatoms. The summed E-state index contributed by atoms with van der Waals surface area (Å²) >= 11 is 5.82. The lowest BCUT2D eigenvalue weighted by Crippen LogP contribution is -2.45. The largest absolute Gasteiger partial charge is 0.269 e. The fraction of sp³-hybridized carbons (Fsp3) is 0.333. The molecule has 84 valence electrons. The summed E-state index contributed by atoms with van der Waals surface area (Å²) in [5.41, 5.74) is 0.316. The number of nitrogens with zero attached hydrogens (tertiary/aromatic N) is 1. The molecule has 1 aromatic rings. The van der Waals surface area contributed by atoms with Crippen molar-refractivity contribution in [3.63, 3.8) is 0 Å². The highest BCUT2D eigenvalue weighted by Gasteiger charge is 2.41. The first-order chi connectivity index (χ1) is 7.32. The molecule has 0 saturated heterocycles. The molecular formula is C12H12ClNO2. The Hall–Kier alpha value is -1.35. The predicted octanol–water partition coefficient (Wildman–Crippen LogP) is 2.73. The van der Waals surface area contributed by atoms with Crippen LogP contribution in [0.25, 0.3) is 0 Å². The van der Waals surface area contributed by atoms with E-state index in [1.165, 1.54) is 4.90 Å². The van der Waals surface area contributed by atoms with Crippen molar-refractivity contribution in [2.75, 3.05) is 0 Å². The van der Waals surface area contributed by atoms with Gasteiger partial charge in [-0.15, -0.1) is 0 Å². The number of halogens is 1. The minimum Gasteiger partial charge on any atom is -0.269 e. The third kappa shape index (κ3) is 1.52. The molecule has 0 atom stereocenters. The topological polar surface area (TPSA) is 37.4 Å². The number of benzene rings is 1. The predicted molar refractivity (Wildman–Crippen MR) is 61.7 cm³/mol. The van der Waals surface area contributed by atoms with Crippen LogP contribution in [0.2, 0.25) is 5.02 Å². The summed E-state index contributed by atoms with van der Waals surface area (Å²) in [5.74, 6) is -0.515. The molecule has 0 spiro atoms. The van der Waals surface area contributed by atoms with Gasteiger partial charge in [0.15, 0.2) is 0 Å². The molecule has 0 bridgehead atoms. The van der Waals surface area contributed by atoms with Crippen molar-refractivity contribution in [3.05, 3.63) is 34.3 Å². The molecule has 0 saturated carbocycles. The van der Waals surface area contributed by atoms with E-state index in [1.54, 1.807) is 18.2 Å². The average Bonchev–Trinajstić information content (AvgIpc) is 2.38. The number of hydrogen-bond donors (Lipinski definition) is 0. The number of imide groups is 1. The van der Waals surface area contributed by atoms with Crippen LogP contribution in [0.3, 0.4) is 0 Å². The van der Waals surface area contributed by atoms with Crippen molar-refractivity contribution in [2.24, 2.45) is 0 Å². The van der Waals surface area contributed by atoms with Gasteiger partial charge in [0.2, 0.25) is 0 Å². The van der Waals surface area contributed by atoms with Crippen LogP contribution in [0.5, 0.6) is 0 Å². The van der Waals surface area contributed by atoms with E-state index in [1.807, 2.05) is 20.8 Å². The fourth-order valence-electron chi connectivity index (χ4n) is 1.82. The van der Waals surface area contributed by atoms with E-state index in [9.17, 15) is 9.59 Å². The van der Waals surface area contributed by atoms with Gasteiger partial charge < -0.3 is 0 Å². The van der Waals surface area contributed by atoms with Crippen LogP contribution < -0.4 is 0 Å². The zero-order valence-corrected chi connectivity index (χ0v) is 10.1. The van der Waals surface area contributed by atoms with Crippen molar-refractivity contribution >= 4 is 23.4 Å². The summed E-state index contributed by atoms with van der Waals surface area (Å²) in [7, 11) is 0. The summed E-state index contributed by atoms with van der Waals surface area (Å²) in [5, 5.41) is 0.468. The highest BCUT2D eigenvalue weighted by molar-refractivity contribution is 6.32. The zero-order chi connectivity index (χ0) is 12.1. The van der Waals surface area contributed by atoms with Crippen LogP contribution in [0, 0.1) is 0 Å². The summed E-state index contributed by atoms with van der Waals surface area (Å²) in [6.07, 6.45) is 0. The Morgan fingerprint density at radius 2 is 1.62 bits per heavy atom. The molecule has 0 aliphatic carbocycles. The fourth-order valence-corrected chi connectivity index (χ4v) is 1.99. The first-order valence-corrected chi connectivity index (χ1v) is 5.38. The monoisotopic (exact) mass is 237 g/mol. The van der Waals surface area contributed by atoms with E-state index in [4.69, 9.17) is 11.6 Å². The van der Waals surface area contributed by atoms with Gasteiger partial charge in [-0.05, 0) is 39.0 Å².